The van der Waals surface area contributed by atoms with Gasteiger partial charge in [0.05, 0.1) is 16.1 Å². The smallest absolute Gasteiger partial charge is 0.213 e. The van der Waals surface area contributed by atoms with Crippen LogP contribution in [-0.4, -0.2) is 11.9 Å². The molecule has 172 valence electrons. The number of hydrogen-bond acceptors (Lipinski definition) is 2. The molecular formula is C29H30BrN3S+2. The number of nitrogens with zero attached hydrogens (tertiary/aromatic N) is 3. The Hall–Kier alpha value is -2.63. The van der Waals surface area contributed by atoms with Crippen molar-refractivity contribution < 1.29 is 9.13 Å². The third-order valence-corrected chi connectivity index (χ3v) is 7.94. The molecule has 0 saturated carbocycles. The number of hydrogen-bond donors (Lipinski definition) is 0. The average molecular weight is 533 g/mol. The van der Waals surface area contributed by atoms with Crippen LogP contribution in [0, 0.1) is 6.92 Å². The number of para-hydroxylation sites is 2. The highest BCUT2D eigenvalue weighted by Gasteiger charge is 2.25. The van der Waals surface area contributed by atoms with E-state index in [1.165, 1.54) is 37.6 Å². The molecule has 1 aliphatic heterocycles. The standard InChI is InChI=1S/C29H30BrN3S/c1-23-12-19-31(20-13-23)16-7-18-33-27-10-4-5-11-28(27)34-29(33)22-24-14-21-32(17-6-15-30)26-9-3-2-8-25(24)26/h2-5,8-14,19-22H,6-7,15-18H2,1H3/q+2. The van der Waals surface area contributed by atoms with Crippen LogP contribution in [0.5, 0.6) is 0 Å². The quantitative estimate of drug-likeness (QED) is 0.189. The predicted molar refractivity (Wildman–Crippen MR) is 146 cm³/mol. The van der Waals surface area contributed by atoms with E-state index in [-0.39, 0.29) is 0 Å². The van der Waals surface area contributed by atoms with E-state index in [1.54, 1.807) is 0 Å². The maximum atomic E-state index is 3.57. The summed E-state index contributed by atoms with van der Waals surface area (Å²) in [7, 11) is 0. The summed E-state index contributed by atoms with van der Waals surface area (Å²) in [6.45, 7) is 5.16. The van der Waals surface area contributed by atoms with Crippen molar-refractivity contribution >= 4 is 50.4 Å². The van der Waals surface area contributed by atoms with Crippen LogP contribution in [0.2, 0.25) is 0 Å². The van der Waals surface area contributed by atoms with Crippen molar-refractivity contribution in [1.82, 2.24) is 0 Å². The number of aryl methyl sites for hydroxylation is 3. The summed E-state index contributed by atoms with van der Waals surface area (Å²) < 4.78 is 4.65. The minimum Gasteiger partial charge on any atom is -0.335 e. The lowest BCUT2D eigenvalue weighted by Crippen LogP contribution is -2.35. The molecule has 0 bridgehead atoms. The summed E-state index contributed by atoms with van der Waals surface area (Å²) in [5.74, 6) is 0. The largest absolute Gasteiger partial charge is 0.335 e. The molecule has 0 radical (unpaired) electrons. The molecule has 3 nitrogen and oxygen atoms in total. The van der Waals surface area contributed by atoms with Crippen LogP contribution in [0.1, 0.15) is 24.0 Å². The van der Waals surface area contributed by atoms with Gasteiger partial charge in [-0.2, -0.15) is 4.57 Å². The van der Waals surface area contributed by atoms with Crippen LogP contribution in [0.3, 0.4) is 0 Å². The second kappa shape index (κ2) is 10.7. The molecular weight excluding hydrogens is 502 g/mol. The van der Waals surface area contributed by atoms with Crippen LogP contribution < -0.4 is 14.0 Å². The Morgan fingerprint density at radius 2 is 1.68 bits per heavy atom. The normalized spacial score (nSPS) is 14.2. The molecule has 3 heterocycles. The van der Waals surface area contributed by atoms with Crippen molar-refractivity contribution in [3.05, 3.63) is 101 Å². The van der Waals surface area contributed by atoms with Gasteiger partial charge in [0.15, 0.2) is 18.6 Å². The van der Waals surface area contributed by atoms with Crippen LogP contribution >= 0.6 is 27.7 Å². The van der Waals surface area contributed by atoms with Crippen LogP contribution in [0.25, 0.3) is 17.0 Å². The number of pyridine rings is 2. The minimum atomic E-state index is 0.993. The maximum absolute atomic E-state index is 3.57. The molecule has 1 aliphatic rings. The fourth-order valence-electron chi connectivity index (χ4n) is 4.48. The molecule has 0 spiro atoms. The van der Waals surface area contributed by atoms with Crippen molar-refractivity contribution in [2.45, 2.75) is 37.8 Å². The molecule has 5 heteroatoms. The maximum Gasteiger partial charge on any atom is 0.213 e. The SMILES string of the molecule is Cc1cc[n+](CCCN2/C(=C/c3cc[n+](CCCBr)c4ccccc34)Sc3ccccc32)cc1. The van der Waals surface area contributed by atoms with Gasteiger partial charge in [0.1, 0.15) is 13.1 Å². The molecule has 2 aromatic carbocycles. The molecule has 2 aromatic heterocycles. The first-order chi connectivity index (χ1) is 16.7. The van der Waals surface area contributed by atoms with E-state index < -0.39 is 0 Å². The van der Waals surface area contributed by atoms with Crippen molar-refractivity contribution in [3.8, 4) is 0 Å². The molecule has 34 heavy (non-hydrogen) atoms. The van der Waals surface area contributed by atoms with Gasteiger partial charge in [-0.15, -0.1) is 0 Å². The van der Waals surface area contributed by atoms with Crippen molar-refractivity contribution in [1.29, 1.82) is 0 Å². The van der Waals surface area contributed by atoms with Gasteiger partial charge in [-0.1, -0.05) is 52.0 Å². The summed E-state index contributed by atoms with van der Waals surface area (Å²) >= 11 is 5.45. The van der Waals surface area contributed by atoms with Crippen molar-refractivity contribution in [2.24, 2.45) is 0 Å². The highest BCUT2D eigenvalue weighted by Crippen LogP contribution is 2.46. The number of halogens is 1. The van der Waals surface area contributed by atoms with Crippen molar-refractivity contribution in [3.63, 3.8) is 0 Å². The minimum absolute atomic E-state index is 0.993. The van der Waals surface area contributed by atoms with Crippen LogP contribution in [-0.2, 0) is 13.1 Å². The van der Waals surface area contributed by atoms with Crippen molar-refractivity contribution in [2.75, 3.05) is 16.8 Å². The third-order valence-electron chi connectivity index (χ3n) is 6.26. The van der Waals surface area contributed by atoms with Gasteiger partial charge in [0.2, 0.25) is 5.52 Å². The Morgan fingerprint density at radius 1 is 0.882 bits per heavy atom. The Kier molecular flexibility index (Phi) is 7.31. The second-order valence-corrected chi connectivity index (χ2v) is 10.6. The first-order valence-corrected chi connectivity index (χ1v) is 13.9. The monoisotopic (exact) mass is 531 g/mol. The number of anilines is 1. The third kappa shape index (κ3) is 5.06. The summed E-state index contributed by atoms with van der Waals surface area (Å²) in [5, 5.41) is 3.63. The Labute approximate surface area is 214 Å². The highest BCUT2D eigenvalue weighted by atomic mass is 79.9. The van der Waals surface area contributed by atoms with Gasteiger partial charge in [-0.05, 0) is 42.3 Å². The zero-order chi connectivity index (χ0) is 23.3. The topological polar surface area (TPSA) is 11.0 Å². The first kappa shape index (κ1) is 23.1. The van der Waals surface area contributed by atoms with E-state index in [0.717, 1.165) is 37.8 Å². The molecule has 0 aliphatic carbocycles. The molecule has 0 unspecified atom stereocenters. The van der Waals surface area contributed by atoms with E-state index in [4.69, 9.17) is 0 Å². The van der Waals surface area contributed by atoms with Gasteiger partial charge >= 0.3 is 0 Å². The zero-order valence-electron chi connectivity index (χ0n) is 19.5. The molecule has 0 atom stereocenters. The number of benzene rings is 2. The Balaban J connectivity index is 1.44. The summed E-state index contributed by atoms with van der Waals surface area (Å²) in [4.78, 5) is 3.83. The van der Waals surface area contributed by atoms with E-state index in [1.807, 2.05) is 11.8 Å². The van der Waals surface area contributed by atoms with Crippen LogP contribution in [0.15, 0.2) is 95.2 Å². The van der Waals surface area contributed by atoms with Gasteiger partial charge in [0.25, 0.3) is 0 Å². The number of fused-ring (bicyclic) bond motifs is 2. The first-order valence-electron chi connectivity index (χ1n) is 11.9. The number of thioether (sulfide) groups is 1. The lowest BCUT2D eigenvalue weighted by atomic mass is 10.1. The average Bonchev–Trinajstić information content (AvgIpc) is 3.22. The van der Waals surface area contributed by atoms with Gasteiger partial charge in [0, 0.05) is 53.9 Å². The summed E-state index contributed by atoms with van der Waals surface area (Å²) in [5.41, 5.74) is 5.19. The Bertz CT molecular complexity index is 1320. The zero-order valence-corrected chi connectivity index (χ0v) is 21.9. The Morgan fingerprint density at radius 3 is 2.53 bits per heavy atom. The molecule has 0 fully saturated rings. The summed E-state index contributed by atoms with van der Waals surface area (Å²) in [6, 6.07) is 24.2. The van der Waals surface area contributed by atoms with Gasteiger partial charge < -0.3 is 4.90 Å². The molecule has 0 amide bonds. The fourth-order valence-corrected chi connectivity index (χ4v) is 5.87. The van der Waals surface area contributed by atoms with E-state index in [2.05, 4.69) is 128 Å². The van der Waals surface area contributed by atoms with Crippen LogP contribution in [0.4, 0.5) is 5.69 Å². The molecule has 0 N–H and O–H groups in total. The lowest BCUT2D eigenvalue weighted by molar-refractivity contribution is -0.697. The molecule has 4 aromatic rings. The molecule has 5 rings (SSSR count). The number of aromatic nitrogens is 2. The van der Waals surface area contributed by atoms with E-state index in [0.29, 0.717) is 0 Å². The fraction of sp³-hybridized carbons (Fsp3) is 0.241. The number of alkyl halides is 1. The highest BCUT2D eigenvalue weighted by molar-refractivity contribution is 9.09. The van der Waals surface area contributed by atoms with Gasteiger partial charge in [-0.3, -0.25) is 0 Å². The molecule has 0 saturated heterocycles. The van der Waals surface area contributed by atoms with Gasteiger partial charge in [-0.25, -0.2) is 4.57 Å². The van der Waals surface area contributed by atoms with E-state index >= 15 is 0 Å². The summed E-state index contributed by atoms with van der Waals surface area (Å²) in [6.07, 6.45) is 11.2. The second-order valence-electron chi connectivity index (χ2n) is 8.70. The van der Waals surface area contributed by atoms with E-state index in [9.17, 15) is 0 Å². The predicted octanol–water partition coefficient (Wildman–Crippen LogP) is 6.51. The lowest BCUT2D eigenvalue weighted by Gasteiger charge is -2.20. The number of rotatable bonds is 8.